The molecule has 0 fully saturated rings. The molecule has 0 aromatic carbocycles. The van der Waals surface area contributed by atoms with Crippen LogP contribution in [0.5, 0.6) is 0 Å². The Kier molecular flexibility index (Phi) is 69.5. The molecule has 0 aromatic heterocycles. The van der Waals surface area contributed by atoms with Gasteiger partial charge in [0.25, 0.3) is 0 Å². The Balaban J connectivity index is 4.79. The Morgan fingerprint density at radius 3 is 0.883 bits per heavy atom. The fraction of sp³-hybridized carbons (Fsp3) is 0.984. The van der Waals surface area contributed by atoms with Crippen molar-refractivity contribution >= 4 is 101 Å². The molecule has 0 rings (SSSR count). The molecule has 0 radical (unpaired) electrons. The molecule has 4 nitrogen and oxygen atoms in total. The summed E-state index contributed by atoms with van der Waals surface area (Å²) in [6.45, 7) is 10.9. The Bertz CT molecular complexity index is 1230. The van der Waals surface area contributed by atoms with Gasteiger partial charge < -0.3 is 14.8 Å². The third-order valence-electron chi connectivity index (χ3n) is 15.1. The highest BCUT2D eigenvalue weighted by Gasteiger charge is 2.28. The van der Waals surface area contributed by atoms with E-state index in [1.54, 1.807) is 22.8 Å². The SMILES string of the molecule is CCCCCCCCCCCCCCCOC(CCCCCCCCCCCCCC)S[P+](=S)SCNC(=O)C(Br)CS[P+](=S)SC(CCCCCCCCCCCCCC)OCCCCCCCCCCCCCCC. The molecule has 0 aliphatic heterocycles. The summed E-state index contributed by atoms with van der Waals surface area (Å²) in [5.41, 5.74) is 0.324. The monoisotopic (exact) mass is 1290 g/mol. The lowest BCUT2D eigenvalue weighted by molar-refractivity contribution is -0.119. The minimum atomic E-state index is -0.786. The Hall–Kier alpha value is 2.31. The molecule has 0 aliphatic rings. The summed E-state index contributed by atoms with van der Waals surface area (Å²) in [4.78, 5) is 13.0. The van der Waals surface area contributed by atoms with Crippen molar-refractivity contribution in [3.8, 4) is 0 Å². The lowest BCUT2D eigenvalue weighted by Gasteiger charge is -2.13. The first-order valence-electron chi connectivity index (χ1n) is 33.6. The second-order valence-electron chi connectivity index (χ2n) is 22.7. The van der Waals surface area contributed by atoms with E-state index in [4.69, 9.17) is 33.1 Å². The van der Waals surface area contributed by atoms with Gasteiger partial charge in [-0.25, -0.2) is 0 Å². The first kappa shape index (κ1) is 79.3. The molecular weight excluding hydrogens is 1160 g/mol. The smallest absolute Gasteiger partial charge is 0.321 e. The quantitative estimate of drug-likeness (QED) is 0.0278. The molecule has 5 atom stereocenters. The summed E-state index contributed by atoms with van der Waals surface area (Å²) in [5, 5.41) is 1.61. The van der Waals surface area contributed by atoms with E-state index in [1.807, 2.05) is 22.8 Å². The average molecular weight is 1290 g/mol. The Morgan fingerprint density at radius 1 is 0.377 bits per heavy atom. The molecule has 0 spiro atoms. The lowest BCUT2D eigenvalue weighted by atomic mass is 10.0. The summed E-state index contributed by atoms with van der Waals surface area (Å²) >= 11 is 23.0. The predicted octanol–water partition coefficient (Wildman–Crippen LogP) is 26.4. The van der Waals surface area contributed by atoms with Crippen molar-refractivity contribution in [1.82, 2.24) is 5.32 Å². The Morgan fingerprint density at radius 2 is 0.610 bits per heavy atom. The molecule has 1 N–H and O–H groups in total. The van der Waals surface area contributed by atoms with Gasteiger partial charge in [0.05, 0.1) is 5.75 Å². The third-order valence-corrected chi connectivity index (χ3v) is 30.5. The molecule has 5 unspecified atom stereocenters. The number of alkyl halides is 1. The van der Waals surface area contributed by atoms with Gasteiger partial charge in [0.15, 0.2) is 23.6 Å². The third kappa shape index (κ3) is 62.7. The number of hydrogen-bond donors (Lipinski definition) is 1. The van der Waals surface area contributed by atoms with Crippen molar-refractivity contribution in [2.75, 3.05) is 24.8 Å². The van der Waals surface area contributed by atoms with E-state index in [2.05, 4.69) is 48.9 Å². The van der Waals surface area contributed by atoms with E-state index in [0.717, 1.165) is 38.9 Å². The van der Waals surface area contributed by atoms with Crippen LogP contribution >= 0.6 is 71.7 Å². The van der Waals surface area contributed by atoms with Gasteiger partial charge in [-0.3, -0.25) is 4.79 Å². The average Bonchev–Trinajstić information content (AvgIpc) is 3.42. The molecule has 1 amide bonds. The largest absolute Gasteiger partial charge is 0.363 e. The normalized spacial score (nSPS) is 13.3. The van der Waals surface area contributed by atoms with Gasteiger partial charge in [0, 0.05) is 13.2 Å². The number of unbranched alkanes of at least 4 members (excludes halogenated alkanes) is 46. The van der Waals surface area contributed by atoms with Crippen molar-refractivity contribution in [2.24, 2.45) is 0 Å². The highest BCUT2D eigenvalue weighted by molar-refractivity contribution is 9.10. The van der Waals surface area contributed by atoms with E-state index >= 15 is 0 Å². The number of carbonyl (C=O) groups excluding carboxylic acids is 1. The van der Waals surface area contributed by atoms with Crippen LogP contribution in [-0.2, 0) is 37.9 Å². The highest BCUT2D eigenvalue weighted by atomic mass is 79.9. The summed E-state index contributed by atoms with van der Waals surface area (Å²) in [7, 11) is 0. The number of halogens is 1. The summed E-state index contributed by atoms with van der Waals surface area (Å²) in [5.74, 6) is 1.26. The summed E-state index contributed by atoms with van der Waals surface area (Å²) in [6, 6.07) is 0. The molecule has 0 aliphatic carbocycles. The minimum Gasteiger partial charge on any atom is -0.363 e. The van der Waals surface area contributed by atoms with Gasteiger partial charge in [-0.05, 0) is 38.5 Å². The van der Waals surface area contributed by atoms with Gasteiger partial charge in [-0.2, -0.15) is 0 Å². The number of nitrogens with one attached hydrogen (secondary N) is 1. The van der Waals surface area contributed by atoms with Crippen LogP contribution in [0.2, 0.25) is 0 Å². The fourth-order valence-corrected chi connectivity index (χ4v) is 23.7. The van der Waals surface area contributed by atoms with Crippen LogP contribution in [0.25, 0.3) is 0 Å². The number of ether oxygens (including phenoxy) is 2. The van der Waals surface area contributed by atoms with Gasteiger partial charge >= 0.3 is 10.2 Å². The van der Waals surface area contributed by atoms with E-state index in [0.29, 0.717) is 11.6 Å². The van der Waals surface area contributed by atoms with Crippen molar-refractivity contribution in [3.05, 3.63) is 0 Å². The molecule has 0 heterocycles. The van der Waals surface area contributed by atoms with Crippen LogP contribution in [0, 0.1) is 0 Å². The second-order valence-corrected chi connectivity index (χ2v) is 40.8. The van der Waals surface area contributed by atoms with E-state index in [1.165, 1.54) is 308 Å². The van der Waals surface area contributed by atoms with Gasteiger partial charge in [0.1, 0.15) is 67.1 Å². The molecule has 0 saturated heterocycles. The van der Waals surface area contributed by atoms with Gasteiger partial charge in [0.2, 0.25) is 5.91 Å². The minimum absolute atomic E-state index is 0.0372. The molecule has 77 heavy (non-hydrogen) atoms. The van der Waals surface area contributed by atoms with Gasteiger partial charge in [-0.15, -0.1) is 0 Å². The fourth-order valence-electron chi connectivity index (χ4n) is 10.0. The zero-order valence-electron chi connectivity index (χ0n) is 51.3. The molecule has 0 saturated carbocycles. The maximum atomic E-state index is 13.3. The molecule has 0 aromatic rings. The standard InChI is InChI=1S/C64H127BrNO3P2S6/c1-5-9-13-17-21-25-29-33-37-41-45-49-53-57-68-62(55-51-47-43-39-35-31-27-23-19-15-11-7-3)76-70(72)74-59-61(65)64(67)66-60-75-71(73)77-63(56-52-48-44-40-36-32-28-24-20-16-12-8-4)69-58-54-50-46-42-38-34-30-26-22-18-14-10-6-2/h61-63H,5-60H2,1-4H3/q+1/p+1. The second kappa shape index (κ2) is 67.4. The zero-order valence-corrected chi connectivity index (χ0v) is 59.6. The van der Waals surface area contributed by atoms with Crippen molar-refractivity contribution in [2.45, 2.75) is 377 Å². The van der Waals surface area contributed by atoms with E-state index in [-0.39, 0.29) is 21.6 Å². The molecule has 458 valence electrons. The van der Waals surface area contributed by atoms with Crippen LogP contribution in [0.15, 0.2) is 0 Å². The Labute approximate surface area is 518 Å². The zero-order chi connectivity index (χ0) is 56.0. The van der Waals surface area contributed by atoms with Crippen LogP contribution in [0.3, 0.4) is 0 Å². The lowest BCUT2D eigenvalue weighted by Crippen LogP contribution is -2.31. The van der Waals surface area contributed by atoms with Crippen molar-refractivity contribution < 1.29 is 14.3 Å². The summed E-state index contributed by atoms with van der Waals surface area (Å²) in [6.07, 6.45) is 70.5. The molecular formula is C64H128BrNO3P2S6+2. The van der Waals surface area contributed by atoms with Gasteiger partial charge in [-0.1, -0.05) is 339 Å². The van der Waals surface area contributed by atoms with Crippen LogP contribution < -0.4 is 5.32 Å². The number of rotatable bonds is 67. The first-order valence-corrected chi connectivity index (χ1v) is 45.3. The van der Waals surface area contributed by atoms with Crippen LogP contribution in [-0.4, -0.2) is 46.4 Å². The number of hydrogen-bond acceptors (Lipinski definition) is 9. The molecule has 13 heteroatoms. The van der Waals surface area contributed by atoms with Crippen LogP contribution in [0.1, 0.15) is 362 Å². The van der Waals surface area contributed by atoms with Crippen LogP contribution in [0.4, 0.5) is 0 Å². The maximum absolute atomic E-state index is 13.3. The number of amides is 1. The topological polar surface area (TPSA) is 47.6 Å². The number of carbonyl (C=O) groups is 1. The van der Waals surface area contributed by atoms with Crippen molar-refractivity contribution in [3.63, 3.8) is 0 Å². The highest BCUT2D eigenvalue weighted by Crippen LogP contribution is 2.55. The van der Waals surface area contributed by atoms with E-state index in [9.17, 15) is 4.79 Å². The van der Waals surface area contributed by atoms with E-state index < -0.39 is 10.2 Å². The summed E-state index contributed by atoms with van der Waals surface area (Å²) < 4.78 is 13.1. The van der Waals surface area contributed by atoms with Crippen molar-refractivity contribution in [1.29, 1.82) is 0 Å². The molecule has 0 bridgehead atoms. The first-order chi connectivity index (χ1) is 37.9. The maximum Gasteiger partial charge on any atom is 0.321 e. The predicted molar refractivity (Wildman–Crippen MR) is 372 cm³/mol.